The Morgan fingerprint density at radius 3 is 2.41 bits per heavy atom. The van der Waals surface area contributed by atoms with E-state index in [0.29, 0.717) is 42.3 Å². The number of piperidine rings is 1. The van der Waals surface area contributed by atoms with Crippen molar-refractivity contribution in [1.82, 2.24) is 19.6 Å². The van der Waals surface area contributed by atoms with E-state index in [4.69, 9.17) is 9.15 Å². The van der Waals surface area contributed by atoms with Gasteiger partial charge in [-0.15, -0.1) is 0 Å². The summed E-state index contributed by atoms with van der Waals surface area (Å²) in [5.74, 6) is 0.897. The van der Waals surface area contributed by atoms with Crippen molar-refractivity contribution in [3.8, 4) is 11.4 Å². The Labute approximate surface area is 215 Å². The molecule has 8 nitrogen and oxygen atoms in total. The predicted octanol–water partition coefficient (Wildman–Crippen LogP) is 4.70. The minimum atomic E-state index is -0.0945. The molecule has 37 heavy (non-hydrogen) atoms. The number of ether oxygens (including phenoxy) is 1. The molecule has 6 rings (SSSR count). The van der Waals surface area contributed by atoms with E-state index in [1.807, 2.05) is 69.9 Å². The van der Waals surface area contributed by atoms with Gasteiger partial charge in [0.1, 0.15) is 0 Å². The van der Waals surface area contributed by atoms with E-state index >= 15 is 0 Å². The molecule has 0 bridgehead atoms. The topological polar surface area (TPSA) is 80.8 Å². The highest BCUT2D eigenvalue weighted by molar-refractivity contribution is 5.97. The molecule has 2 amide bonds. The first-order valence-electron chi connectivity index (χ1n) is 12.7. The van der Waals surface area contributed by atoms with Crippen LogP contribution in [0.5, 0.6) is 5.75 Å². The largest absolute Gasteiger partial charge is 0.493 e. The van der Waals surface area contributed by atoms with Gasteiger partial charge in [-0.2, -0.15) is 5.10 Å². The molecule has 4 aromatic rings. The quantitative estimate of drug-likeness (QED) is 0.407. The molecule has 4 heterocycles. The van der Waals surface area contributed by atoms with Crippen LogP contribution in [0.25, 0.3) is 16.7 Å². The molecule has 2 aromatic carbocycles. The van der Waals surface area contributed by atoms with E-state index in [0.717, 1.165) is 42.6 Å². The second-order valence-corrected chi connectivity index (χ2v) is 10.1. The summed E-state index contributed by atoms with van der Waals surface area (Å²) < 4.78 is 13.1. The van der Waals surface area contributed by atoms with Gasteiger partial charge in [0.05, 0.1) is 30.3 Å². The number of benzene rings is 2. The lowest BCUT2D eigenvalue weighted by molar-refractivity contribution is 0.0542. The normalized spacial score (nSPS) is 17.0. The molecule has 2 saturated heterocycles. The third kappa shape index (κ3) is 4.06. The zero-order valence-electron chi connectivity index (χ0n) is 21.1. The predicted molar refractivity (Wildman–Crippen MR) is 139 cm³/mol. The van der Waals surface area contributed by atoms with Gasteiger partial charge in [0, 0.05) is 31.6 Å². The number of fused-ring (bicyclic) bond motifs is 1. The minimum absolute atomic E-state index is 0.0336. The number of methoxy groups -OCH3 is 1. The Hall–Kier alpha value is -4.07. The summed E-state index contributed by atoms with van der Waals surface area (Å²) in [6, 6.07) is 17.3. The maximum absolute atomic E-state index is 13.4. The Kier molecular flexibility index (Phi) is 5.74. The van der Waals surface area contributed by atoms with Crippen molar-refractivity contribution in [3.05, 3.63) is 77.8 Å². The van der Waals surface area contributed by atoms with E-state index in [-0.39, 0.29) is 17.2 Å². The average molecular weight is 499 g/mol. The summed E-state index contributed by atoms with van der Waals surface area (Å²) in [5, 5.41) is 5.33. The fourth-order valence-electron chi connectivity index (χ4n) is 5.78. The van der Waals surface area contributed by atoms with Crippen LogP contribution in [0.3, 0.4) is 0 Å². The molecular formula is C29H30N4O4. The molecule has 190 valence electrons. The number of nitrogens with zero attached hydrogens (tertiary/aromatic N) is 4. The van der Waals surface area contributed by atoms with E-state index < -0.39 is 0 Å². The Bertz CT molecular complexity index is 1460. The van der Waals surface area contributed by atoms with Crippen molar-refractivity contribution in [2.75, 3.05) is 33.3 Å². The molecule has 8 heteroatoms. The second-order valence-electron chi connectivity index (χ2n) is 10.1. The fourth-order valence-corrected chi connectivity index (χ4v) is 5.78. The van der Waals surface area contributed by atoms with Crippen LogP contribution < -0.4 is 4.74 Å². The number of carbonyl (C=O) groups excluding carboxylic acids is 2. The van der Waals surface area contributed by atoms with Gasteiger partial charge in [0.2, 0.25) is 0 Å². The van der Waals surface area contributed by atoms with Crippen molar-refractivity contribution in [3.63, 3.8) is 0 Å². The second kappa shape index (κ2) is 9.10. The lowest BCUT2D eigenvalue weighted by Gasteiger charge is -2.39. The standard InChI is InChI=1S/C29H30N4O4/c1-20-23(18-30-33(20)22-8-4-3-5-9-22)27(34)32-16-13-29(19-32)11-14-31(15-12-29)28(35)25-17-21-7-6-10-24(36-2)26(21)37-25/h3-10,17-18H,11-16,19H2,1-2H3. The Morgan fingerprint density at radius 2 is 1.68 bits per heavy atom. The van der Waals surface area contributed by atoms with Gasteiger partial charge in [-0.3, -0.25) is 9.59 Å². The summed E-state index contributed by atoms with van der Waals surface area (Å²) in [6.07, 6.45) is 4.37. The number of furan rings is 1. The maximum Gasteiger partial charge on any atom is 0.289 e. The average Bonchev–Trinajstić information content (AvgIpc) is 3.66. The highest BCUT2D eigenvalue weighted by atomic mass is 16.5. The summed E-state index contributed by atoms with van der Waals surface area (Å²) in [7, 11) is 1.59. The molecule has 2 aliphatic heterocycles. The molecule has 0 radical (unpaired) electrons. The molecule has 0 unspecified atom stereocenters. The molecule has 2 aliphatic rings. The number of rotatable bonds is 4. The third-order valence-corrected chi connectivity index (χ3v) is 8.02. The van der Waals surface area contributed by atoms with Gasteiger partial charge >= 0.3 is 0 Å². The number of aromatic nitrogens is 2. The van der Waals surface area contributed by atoms with Crippen LogP contribution >= 0.6 is 0 Å². The molecule has 2 aromatic heterocycles. The number of para-hydroxylation sites is 2. The molecule has 0 N–H and O–H groups in total. The van der Waals surface area contributed by atoms with Gasteiger partial charge in [-0.1, -0.05) is 30.3 Å². The van der Waals surface area contributed by atoms with E-state index in [2.05, 4.69) is 5.10 Å². The first kappa shape index (κ1) is 23.3. The highest BCUT2D eigenvalue weighted by Gasteiger charge is 2.43. The summed E-state index contributed by atoms with van der Waals surface area (Å²) in [4.78, 5) is 30.5. The van der Waals surface area contributed by atoms with Crippen LogP contribution in [-0.4, -0.2) is 64.7 Å². The zero-order chi connectivity index (χ0) is 25.6. The van der Waals surface area contributed by atoms with Gasteiger partial charge in [-0.25, -0.2) is 4.68 Å². The number of carbonyl (C=O) groups is 2. The lowest BCUT2D eigenvalue weighted by Crippen LogP contribution is -2.44. The number of amides is 2. The van der Waals surface area contributed by atoms with Crippen LogP contribution in [0.2, 0.25) is 0 Å². The van der Waals surface area contributed by atoms with E-state index in [1.165, 1.54) is 0 Å². The molecule has 0 aliphatic carbocycles. The molecular weight excluding hydrogens is 468 g/mol. The summed E-state index contributed by atoms with van der Waals surface area (Å²) in [5.41, 5.74) is 3.08. The number of hydrogen-bond donors (Lipinski definition) is 0. The van der Waals surface area contributed by atoms with Gasteiger partial charge < -0.3 is 19.0 Å². The first-order valence-corrected chi connectivity index (χ1v) is 12.7. The summed E-state index contributed by atoms with van der Waals surface area (Å²) >= 11 is 0. The first-order chi connectivity index (χ1) is 18.0. The van der Waals surface area contributed by atoms with E-state index in [9.17, 15) is 9.59 Å². The van der Waals surface area contributed by atoms with Crippen LogP contribution in [0, 0.1) is 12.3 Å². The monoisotopic (exact) mass is 498 g/mol. The fraction of sp³-hybridized carbons (Fsp3) is 0.345. The SMILES string of the molecule is COc1cccc2cc(C(=O)N3CCC4(CC3)CCN(C(=O)c3cnn(-c5ccccc5)c3C)C4)oc12. The molecule has 0 atom stereocenters. The van der Waals surface area contributed by atoms with Crippen molar-refractivity contribution >= 4 is 22.8 Å². The molecule has 2 fully saturated rings. The van der Waals surface area contributed by atoms with E-state index in [1.54, 1.807) is 19.4 Å². The third-order valence-electron chi connectivity index (χ3n) is 8.02. The number of hydrogen-bond acceptors (Lipinski definition) is 5. The maximum atomic E-state index is 13.4. The van der Waals surface area contributed by atoms with Gasteiger partial charge in [-0.05, 0) is 55.9 Å². The van der Waals surface area contributed by atoms with Crippen LogP contribution in [0.1, 0.15) is 45.9 Å². The van der Waals surface area contributed by atoms with Crippen molar-refractivity contribution < 1.29 is 18.7 Å². The van der Waals surface area contributed by atoms with Gasteiger partial charge in [0.15, 0.2) is 17.1 Å². The van der Waals surface area contributed by atoms with Crippen LogP contribution in [0.4, 0.5) is 0 Å². The van der Waals surface area contributed by atoms with Crippen molar-refractivity contribution in [2.24, 2.45) is 5.41 Å². The molecule has 0 saturated carbocycles. The lowest BCUT2D eigenvalue weighted by atomic mass is 9.77. The highest BCUT2D eigenvalue weighted by Crippen LogP contribution is 2.41. The molecule has 1 spiro atoms. The van der Waals surface area contributed by atoms with Crippen molar-refractivity contribution in [2.45, 2.75) is 26.2 Å². The zero-order valence-corrected chi connectivity index (χ0v) is 21.1. The van der Waals surface area contributed by atoms with Crippen molar-refractivity contribution in [1.29, 1.82) is 0 Å². The summed E-state index contributed by atoms with van der Waals surface area (Å²) in [6.45, 7) is 4.69. The smallest absolute Gasteiger partial charge is 0.289 e. The minimum Gasteiger partial charge on any atom is -0.493 e. The van der Waals surface area contributed by atoms with Gasteiger partial charge in [0.25, 0.3) is 11.8 Å². The number of likely N-dealkylation sites (tertiary alicyclic amines) is 2. The van der Waals surface area contributed by atoms with Crippen LogP contribution in [-0.2, 0) is 0 Å². The van der Waals surface area contributed by atoms with Crippen LogP contribution in [0.15, 0.2) is 65.2 Å². The Balaban J connectivity index is 1.11. The Morgan fingerprint density at radius 1 is 0.946 bits per heavy atom.